The van der Waals surface area contributed by atoms with Crippen LogP contribution in [0.3, 0.4) is 0 Å². The quantitative estimate of drug-likeness (QED) is 0.149. The number of phenols is 1. The molecular weight excluding hydrogens is 486 g/mol. The maximum Gasteiger partial charge on any atom is 0.329 e. The number of carbonyl (C=O) groups excluding carboxylic acids is 2. The number of ether oxygens (including phenoxy) is 1. The summed E-state index contributed by atoms with van der Waals surface area (Å²) in [5.74, 6) is -0.0851. The molecule has 0 saturated carbocycles. The summed E-state index contributed by atoms with van der Waals surface area (Å²) in [4.78, 5) is 24.9. The number of imide groups is 1. The second kappa shape index (κ2) is 16.1. The van der Waals surface area contributed by atoms with Crippen molar-refractivity contribution in [2.75, 3.05) is 44.4 Å². The van der Waals surface area contributed by atoms with Gasteiger partial charge in [-0.15, -0.1) is 0 Å². The number of rotatable bonds is 18. The van der Waals surface area contributed by atoms with Crippen molar-refractivity contribution < 1.29 is 29.6 Å². The number of unbranched alkanes of at least 4 members (excludes halogenated alkanes) is 4. The van der Waals surface area contributed by atoms with Gasteiger partial charge in [0, 0.05) is 26.4 Å². The van der Waals surface area contributed by atoms with Gasteiger partial charge in [0.05, 0.1) is 18.3 Å². The smallest absolute Gasteiger partial charge is 0.329 e. The van der Waals surface area contributed by atoms with Crippen molar-refractivity contribution >= 4 is 17.6 Å². The lowest BCUT2D eigenvalue weighted by molar-refractivity contribution is -0.115. The molecule has 5 N–H and O–H groups in total. The number of nitrogens with zero attached hydrogens (tertiary/aromatic N) is 1. The lowest BCUT2D eigenvalue weighted by Crippen LogP contribution is -2.30. The Kier molecular flexibility index (Phi) is 12.5. The molecule has 1 atom stereocenters. The number of aliphatic hydroxyl groups excluding tert-OH is 2. The fourth-order valence-electron chi connectivity index (χ4n) is 4.47. The summed E-state index contributed by atoms with van der Waals surface area (Å²) >= 11 is 0. The zero-order valence-electron chi connectivity index (χ0n) is 22.0. The fourth-order valence-corrected chi connectivity index (χ4v) is 4.47. The standard InChI is InChI=1S/C29H41N3O6/c33-15-13-24-19-23(11-12-26(24)34)27(35)20-30-14-4-1-2-5-16-38-17-6-3-8-22-9-7-10-25(18-22)32-28(36)21-31-29(32)37/h7,9-12,18-19,27,30,33-35H,1-6,8,13-17,20-21H2,(H,31,37)/t27-/m0/s1. The van der Waals surface area contributed by atoms with Gasteiger partial charge in [-0.25, -0.2) is 9.69 Å². The van der Waals surface area contributed by atoms with Crippen molar-refractivity contribution in [1.29, 1.82) is 0 Å². The molecule has 0 bridgehead atoms. The third-order valence-electron chi connectivity index (χ3n) is 6.62. The normalized spacial score (nSPS) is 14.2. The van der Waals surface area contributed by atoms with Gasteiger partial charge in [-0.05, 0) is 86.0 Å². The summed E-state index contributed by atoms with van der Waals surface area (Å²) in [6.07, 6.45) is 6.78. The minimum atomic E-state index is -0.652. The third-order valence-corrected chi connectivity index (χ3v) is 6.62. The van der Waals surface area contributed by atoms with E-state index in [0.717, 1.165) is 75.8 Å². The van der Waals surface area contributed by atoms with Gasteiger partial charge in [0.1, 0.15) is 5.75 Å². The molecule has 0 radical (unpaired) electrons. The van der Waals surface area contributed by atoms with Crippen LogP contribution in [-0.4, -0.2) is 66.7 Å². The van der Waals surface area contributed by atoms with E-state index < -0.39 is 6.10 Å². The average Bonchev–Trinajstić information content (AvgIpc) is 3.25. The van der Waals surface area contributed by atoms with Crippen molar-refractivity contribution in [3.05, 3.63) is 59.2 Å². The Labute approximate surface area is 224 Å². The summed E-state index contributed by atoms with van der Waals surface area (Å²) in [6, 6.07) is 12.2. The van der Waals surface area contributed by atoms with Crippen LogP contribution in [-0.2, 0) is 22.4 Å². The first-order valence-corrected chi connectivity index (χ1v) is 13.6. The highest BCUT2D eigenvalue weighted by Gasteiger charge is 2.29. The van der Waals surface area contributed by atoms with Crippen LogP contribution < -0.4 is 15.5 Å². The van der Waals surface area contributed by atoms with E-state index in [1.165, 1.54) is 4.90 Å². The fraction of sp³-hybridized carbons (Fsp3) is 0.517. The molecule has 9 nitrogen and oxygen atoms in total. The monoisotopic (exact) mass is 527 g/mol. The zero-order valence-corrected chi connectivity index (χ0v) is 22.0. The SMILES string of the molecule is O=C1CNC(=O)N1c1cccc(CCCCOCCCCCCNC[C@H](O)c2ccc(O)c(CCO)c2)c1. The van der Waals surface area contributed by atoms with E-state index in [9.17, 15) is 19.8 Å². The molecule has 3 rings (SSSR count). The predicted octanol–water partition coefficient (Wildman–Crippen LogP) is 3.21. The highest BCUT2D eigenvalue weighted by Crippen LogP contribution is 2.23. The summed E-state index contributed by atoms with van der Waals surface area (Å²) in [5.41, 5.74) is 3.10. The number of anilines is 1. The van der Waals surface area contributed by atoms with Gasteiger partial charge < -0.3 is 30.7 Å². The van der Waals surface area contributed by atoms with Gasteiger partial charge in [0.25, 0.3) is 5.91 Å². The van der Waals surface area contributed by atoms with E-state index in [2.05, 4.69) is 10.6 Å². The Morgan fingerprint density at radius 1 is 0.974 bits per heavy atom. The molecule has 9 heteroatoms. The van der Waals surface area contributed by atoms with E-state index >= 15 is 0 Å². The second-order valence-corrected chi connectivity index (χ2v) is 9.62. The van der Waals surface area contributed by atoms with Crippen LogP contribution in [0.25, 0.3) is 0 Å². The van der Waals surface area contributed by atoms with Crippen LogP contribution in [0.5, 0.6) is 5.75 Å². The van der Waals surface area contributed by atoms with Crippen LogP contribution in [0.2, 0.25) is 0 Å². The van der Waals surface area contributed by atoms with Gasteiger partial charge in [-0.1, -0.05) is 31.0 Å². The first-order chi connectivity index (χ1) is 18.5. The molecule has 2 aromatic rings. The second-order valence-electron chi connectivity index (χ2n) is 9.62. The van der Waals surface area contributed by atoms with E-state index in [0.29, 0.717) is 24.2 Å². The van der Waals surface area contributed by atoms with Crippen LogP contribution in [0.15, 0.2) is 42.5 Å². The molecule has 208 valence electrons. The minimum Gasteiger partial charge on any atom is -0.508 e. The number of amides is 3. The summed E-state index contributed by atoms with van der Waals surface area (Å²) in [7, 11) is 0. The van der Waals surface area contributed by atoms with Gasteiger partial charge in [-0.3, -0.25) is 4.79 Å². The number of aliphatic hydroxyl groups is 2. The van der Waals surface area contributed by atoms with Gasteiger partial charge >= 0.3 is 6.03 Å². The highest BCUT2D eigenvalue weighted by molar-refractivity contribution is 6.19. The van der Waals surface area contributed by atoms with Crippen molar-refractivity contribution in [1.82, 2.24) is 10.6 Å². The lowest BCUT2D eigenvalue weighted by Gasteiger charge is -2.14. The molecular formula is C29H41N3O6. The van der Waals surface area contributed by atoms with E-state index in [1.807, 2.05) is 18.2 Å². The third kappa shape index (κ3) is 9.40. The summed E-state index contributed by atoms with van der Waals surface area (Å²) in [5, 5.41) is 35.0. The summed E-state index contributed by atoms with van der Waals surface area (Å²) in [6.45, 7) is 2.77. The maximum absolute atomic E-state index is 11.9. The molecule has 0 aliphatic carbocycles. The van der Waals surface area contributed by atoms with Crippen molar-refractivity contribution in [3.8, 4) is 5.75 Å². The number of nitrogens with one attached hydrogen (secondary N) is 2. The molecule has 1 saturated heterocycles. The van der Waals surface area contributed by atoms with E-state index in [-0.39, 0.29) is 30.8 Å². The number of phenolic OH excluding ortho intramolecular Hbond substituents is 1. The highest BCUT2D eigenvalue weighted by atomic mass is 16.5. The van der Waals surface area contributed by atoms with E-state index in [1.54, 1.807) is 24.3 Å². The molecule has 1 fully saturated rings. The van der Waals surface area contributed by atoms with Crippen LogP contribution in [0, 0.1) is 0 Å². The lowest BCUT2D eigenvalue weighted by atomic mass is 10.0. The maximum atomic E-state index is 11.9. The molecule has 0 spiro atoms. The van der Waals surface area contributed by atoms with Crippen LogP contribution in [0.4, 0.5) is 10.5 Å². The van der Waals surface area contributed by atoms with Crippen molar-refractivity contribution in [2.45, 2.75) is 57.5 Å². The Morgan fingerprint density at radius 3 is 2.53 bits per heavy atom. The van der Waals surface area contributed by atoms with Crippen molar-refractivity contribution in [2.24, 2.45) is 0 Å². The molecule has 3 amide bonds. The largest absolute Gasteiger partial charge is 0.508 e. The first-order valence-electron chi connectivity index (χ1n) is 13.6. The Hall–Kier alpha value is -2.98. The molecule has 1 aliphatic rings. The van der Waals surface area contributed by atoms with Crippen molar-refractivity contribution in [3.63, 3.8) is 0 Å². The van der Waals surface area contributed by atoms with Gasteiger partial charge in [0.15, 0.2) is 0 Å². The molecule has 2 aromatic carbocycles. The predicted molar refractivity (Wildman–Crippen MR) is 146 cm³/mol. The van der Waals surface area contributed by atoms with Gasteiger partial charge in [-0.2, -0.15) is 0 Å². The first kappa shape index (κ1) is 29.6. The Bertz CT molecular complexity index is 1020. The number of carbonyl (C=O) groups is 2. The molecule has 0 unspecified atom stereocenters. The number of hydrogen-bond acceptors (Lipinski definition) is 7. The number of benzene rings is 2. The molecule has 38 heavy (non-hydrogen) atoms. The number of hydrogen-bond donors (Lipinski definition) is 5. The zero-order chi connectivity index (χ0) is 27.2. The molecule has 0 aromatic heterocycles. The van der Waals surface area contributed by atoms with Crippen LogP contribution in [0.1, 0.15) is 61.3 Å². The van der Waals surface area contributed by atoms with Gasteiger partial charge in [0.2, 0.25) is 0 Å². The number of urea groups is 1. The Balaban J connectivity index is 1.16. The van der Waals surface area contributed by atoms with Crippen LogP contribution >= 0.6 is 0 Å². The topological polar surface area (TPSA) is 131 Å². The van der Waals surface area contributed by atoms with E-state index in [4.69, 9.17) is 9.84 Å². The summed E-state index contributed by atoms with van der Waals surface area (Å²) < 4.78 is 5.76. The molecule has 1 aliphatic heterocycles. The average molecular weight is 528 g/mol. The molecule has 1 heterocycles. The number of aromatic hydroxyl groups is 1. The Morgan fingerprint density at radius 2 is 1.76 bits per heavy atom. The number of aryl methyl sites for hydroxylation is 1. The minimum absolute atomic E-state index is 0.0432.